The van der Waals surface area contributed by atoms with Gasteiger partial charge >= 0.3 is 0 Å². The molecular weight excluding hydrogens is 164 g/mol. The molecule has 13 heavy (non-hydrogen) atoms. The molecule has 0 aromatic carbocycles. The summed E-state index contributed by atoms with van der Waals surface area (Å²) in [5.41, 5.74) is 0.479. The third kappa shape index (κ3) is 2.25. The van der Waals surface area contributed by atoms with Crippen molar-refractivity contribution in [3.63, 3.8) is 0 Å². The monoisotopic (exact) mass is 182 g/mol. The largest absolute Gasteiger partial charge is 0.501 e. The maximum atomic E-state index is 10.2. The Labute approximate surface area is 79.6 Å². The summed E-state index contributed by atoms with van der Waals surface area (Å²) in [6.07, 6.45) is 7.33. The van der Waals surface area contributed by atoms with Crippen LogP contribution in [-0.2, 0) is 4.74 Å². The van der Waals surface area contributed by atoms with Gasteiger partial charge in [0.25, 0.3) is 0 Å². The van der Waals surface area contributed by atoms with Crippen LogP contribution in [0.1, 0.15) is 39.0 Å². The van der Waals surface area contributed by atoms with Crippen molar-refractivity contribution in [2.75, 3.05) is 6.61 Å². The topological polar surface area (TPSA) is 29.5 Å². The van der Waals surface area contributed by atoms with Gasteiger partial charge in [0.2, 0.25) is 0 Å². The molecule has 0 radical (unpaired) electrons. The number of ether oxygens (including phenoxy) is 1. The average Bonchev–Trinajstić information content (AvgIpc) is 2.89. The molecule has 0 aromatic rings. The van der Waals surface area contributed by atoms with E-state index in [2.05, 4.69) is 0 Å². The molecule has 1 aliphatic heterocycles. The lowest BCUT2D eigenvalue weighted by Gasteiger charge is -2.28. The molecule has 1 unspecified atom stereocenters. The smallest absolute Gasteiger partial charge is 0.0876 e. The Bertz CT molecular complexity index is 214. The summed E-state index contributed by atoms with van der Waals surface area (Å²) in [7, 11) is 0. The zero-order valence-corrected chi connectivity index (χ0v) is 8.25. The molecular formula is C11H18O2. The van der Waals surface area contributed by atoms with E-state index >= 15 is 0 Å². The Morgan fingerprint density at radius 3 is 2.92 bits per heavy atom. The first-order valence-electron chi connectivity index (χ1n) is 5.22. The fraction of sp³-hybridized carbons (Fsp3) is 0.818. The van der Waals surface area contributed by atoms with Crippen LogP contribution in [0.3, 0.4) is 0 Å². The highest BCUT2D eigenvalue weighted by Crippen LogP contribution is 2.40. The molecule has 0 bridgehead atoms. The minimum atomic E-state index is -0.610. The van der Waals surface area contributed by atoms with E-state index in [4.69, 9.17) is 4.74 Å². The van der Waals surface area contributed by atoms with Gasteiger partial charge in [-0.2, -0.15) is 0 Å². The molecule has 2 nitrogen and oxygen atoms in total. The van der Waals surface area contributed by atoms with Crippen LogP contribution in [0.2, 0.25) is 0 Å². The molecule has 1 aliphatic carbocycles. The maximum absolute atomic E-state index is 10.2. The summed E-state index contributed by atoms with van der Waals surface area (Å²) in [6.45, 7) is 2.73. The van der Waals surface area contributed by atoms with E-state index in [1.807, 2.05) is 6.92 Å². The molecule has 1 fully saturated rings. The molecule has 0 aromatic heterocycles. The first kappa shape index (κ1) is 9.07. The molecule has 1 atom stereocenters. The van der Waals surface area contributed by atoms with Crippen molar-refractivity contribution in [1.82, 2.24) is 0 Å². The van der Waals surface area contributed by atoms with Gasteiger partial charge < -0.3 is 9.84 Å². The molecule has 1 saturated carbocycles. The standard InChI is InChI=1S/C11H18O2/c1-11(12,7-9-4-5-9)10-3-2-6-13-8-10/h8-9,12H,2-7H2,1H3. The molecule has 0 saturated heterocycles. The second kappa shape index (κ2) is 3.33. The van der Waals surface area contributed by atoms with Gasteiger partial charge in [-0.3, -0.25) is 0 Å². The summed E-state index contributed by atoms with van der Waals surface area (Å²) in [4.78, 5) is 0. The molecule has 2 aliphatic rings. The summed E-state index contributed by atoms with van der Waals surface area (Å²) in [5, 5.41) is 10.2. The van der Waals surface area contributed by atoms with E-state index in [1.165, 1.54) is 12.8 Å². The average molecular weight is 182 g/mol. The van der Waals surface area contributed by atoms with Crippen LogP contribution in [0, 0.1) is 5.92 Å². The van der Waals surface area contributed by atoms with E-state index in [0.717, 1.165) is 37.4 Å². The first-order chi connectivity index (χ1) is 6.18. The molecule has 74 valence electrons. The zero-order valence-electron chi connectivity index (χ0n) is 8.25. The molecule has 2 heteroatoms. The van der Waals surface area contributed by atoms with Crippen molar-refractivity contribution in [1.29, 1.82) is 0 Å². The van der Waals surface area contributed by atoms with Gasteiger partial charge in [0, 0.05) is 0 Å². The SMILES string of the molecule is CC(O)(CC1CC1)C1=COCCC1. The lowest BCUT2D eigenvalue weighted by atomic mass is 9.87. The number of hydrogen-bond donors (Lipinski definition) is 1. The van der Waals surface area contributed by atoms with Crippen LogP contribution in [-0.4, -0.2) is 17.3 Å². The van der Waals surface area contributed by atoms with Gasteiger partial charge in [-0.25, -0.2) is 0 Å². The zero-order chi connectivity index (χ0) is 9.31. The fourth-order valence-electron chi connectivity index (χ4n) is 1.98. The Morgan fingerprint density at radius 1 is 1.62 bits per heavy atom. The van der Waals surface area contributed by atoms with Crippen LogP contribution in [0.15, 0.2) is 11.8 Å². The lowest BCUT2D eigenvalue weighted by Crippen LogP contribution is -2.29. The van der Waals surface area contributed by atoms with Crippen LogP contribution in [0.25, 0.3) is 0 Å². The number of rotatable bonds is 3. The normalized spacial score (nSPS) is 27.4. The molecule has 0 amide bonds. The van der Waals surface area contributed by atoms with E-state index in [-0.39, 0.29) is 0 Å². The van der Waals surface area contributed by atoms with Gasteiger partial charge in [-0.15, -0.1) is 0 Å². The van der Waals surface area contributed by atoms with Crippen LogP contribution < -0.4 is 0 Å². The number of aliphatic hydroxyl groups is 1. The van der Waals surface area contributed by atoms with Crippen molar-refractivity contribution < 1.29 is 9.84 Å². The minimum absolute atomic E-state index is 0.610. The Balaban J connectivity index is 1.98. The van der Waals surface area contributed by atoms with Gasteiger partial charge in [-0.05, 0) is 37.7 Å². The van der Waals surface area contributed by atoms with Crippen molar-refractivity contribution in [2.45, 2.75) is 44.6 Å². The highest BCUT2D eigenvalue weighted by Gasteiger charge is 2.34. The third-order valence-corrected chi connectivity index (χ3v) is 3.01. The molecule has 1 N–H and O–H groups in total. The van der Waals surface area contributed by atoms with Crippen LogP contribution >= 0.6 is 0 Å². The van der Waals surface area contributed by atoms with Gasteiger partial charge in [0.15, 0.2) is 0 Å². The van der Waals surface area contributed by atoms with Gasteiger partial charge in [0.1, 0.15) is 0 Å². The number of hydrogen-bond acceptors (Lipinski definition) is 2. The van der Waals surface area contributed by atoms with E-state index in [1.54, 1.807) is 6.26 Å². The Kier molecular flexibility index (Phi) is 2.33. The van der Waals surface area contributed by atoms with Crippen molar-refractivity contribution in [2.24, 2.45) is 5.92 Å². The Morgan fingerprint density at radius 2 is 2.38 bits per heavy atom. The summed E-state index contributed by atoms with van der Waals surface area (Å²) >= 11 is 0. The van der Waals surface area contributed by atoms with Crippen molar-refractivity contribution in [3.8, 4) is 0 Å². The van der Waals surface area contributed by atoms with E-state index in [0.29, 0.717) is 0 Å². The fourth-order valence-corrected chi connectivity index (χ4v) is 1.98. The lowest BCUT2D eigenvalue weighted by molar-refractivity contribution is 0.0664. The summed E-state index contributed by atoms with van der Waals surface area (Å²) < 4.78 is 5.25. The van der Waals surface area contributed by atoms with Gasteiger partial charge in [0.05, 0.1) is 18.5 Å². The summed E-state index contributed by atoms with van der Waals surface area (Å²) in [6, 6.07) is 0. The van der Waals surface area contributed by atoms with Gasteiger partial charge in [-0.1, -0.05) is 12.8 Å². The predicted octanol–water partition coefficient (Wildman–Crippen LogP) is 2.23. The molecule has 1 heterocycles. The van der Waals surface area contributed by atoms with Crippen molar-refractivity contribution >= 4 is 0 Å². The maximum Gasteiger partial charge on any atom is 0.0876 e. The molecule has 0 spiro atoms. The predicted molar refractivity (Wildman–Crippen MR) is 51.2 cm³/mol. The quantitative estimate of drug-likeness (QED) is 0.725. The van der Waals surface area contributed by atoms with Crippen molar-refractivity contribution in [3.05, 3.63) is 11.8 Å². The highest BCUT2D eigenvalue weighted by molar-refractivity contribution is 5.15. The molecule has 2 rings (SSSR count). The minimum Gasteiger partial charge on any atom is -0.501 e. The second-order valence-corrected chi connectivity index (χ2v) is 4.54. The van der Waals surface area contributed by atoms with Crippen LogP contribution in [0.5, 0.6) is 0 Å². The van der Waals surface area contributed by atoms with E-state index < -0.39 is 5.60 Å². The first-order valence-corrected chi connectivity index (χ1v) is 5.22. The highest BCUT2D eigenvalue weighted by atomic mass is 16.5. The van der Waals surface area contributed by atoms with E-state index in [9.17, 15) is 5.11 Å². The summed E-state index contributed by atoms with van der Waals surface area (Å²) in [5.74, 6) is 0.762. The van der Waals surface area contributed by atoms with Crippen LogP contribution in [0.4, 0.5) is 0 Å². The Hall–Kier alpha value is -0.500. The third-order valence-electron chi connectivity index (χ3n) is 3.01. The second-order valence-electron chi connectivity index (χ2n) is 4.54.